The first-order chi connectivity index (χ1) is 19.2. The highest BCUT2D eigenvalue weighted by Crippen LogP contribution is 2.53. The zero-order valence-electron chi connectivity index (χ0n) is 22.8. The summed E-state index contributed by atoms with van der Waals surface area (Å²) in [5.74, 6) is -9.84. The number of aromatic hydroxyl groups is 1. The fraction of sp³-hybridized carbons (Fsp3) is 0.429. The monoisotopic (exact) mass is 572 g/mol. The SMILES string of the molecule is C=CN(C)[C@@H]1C(O)=C(C(N)=O)C(=O)[C@@]2(O)C(O)=C3C(=O)c4c(O)c(NC(=O)CNCC(C)C)cc(F)c4C[C@H]3C[C@@H]12. The number of nitrogens with zero attached hydrogens (tertiary/aromatic N) is 1. The lowest BCUT2D eigenvalue weighted by Crippen LogP contribution is -2.63. The zero-order valence-corrected chi connectivity index (χ0v) is 22.8. The molecule has 13 heteroatoms. The number of Topliss-reactive ketones (excluding diaryl/α,β-unsaturated/α-hetero) is 2. The molecule has 0 saturated heterocycles. The number of rotatable bonds is 8. The number of carbonyl (C=O) groups excluding carboxylic acids is 4. The van der Waals surface area contributed by atoms with Gasteiger partial charge in [-0.1, -0.05) is 20.4 Å². The van der Waals surface area contributed by atoms with Crippen LogP contribution in [0.5, 0.6) is 5.75 Å². The van der Waals surface area contributed by atoms with Crippen molar-refractivity contribution in [1.29, 1.82) is 0 Å². The molecule has 0 unspecified atom stereocenters. The van der Waals surface area contributed by atoms with Gasteiger partial charge >= 0.3 is 0 Å². The number of aliphatic hydroxyl groups excluding tert-OH is 2. The molecule has 2 amide bonds. The highest BCUT2D eigenvalue weighted by molar-refractivity contribution is 6.25. The first kappa shape index (κ1) is 29.7. The smallest absolute Gasteiger partial charge is 0.255 e. The van der Waals surface area contributed by atoms with Crippen molar-refractivity contribution in [1.82, 2.24) is 10.2 Å². The Kier molecular flexibility index (Phi) is 7.71. The van der Waals surface area contributed by atoms with E-state index in [2.05, 4.69) is 17.2 Å². The average Bonchev–Trinajstić information content (AvgIpc) is 2.88. The van der Waals surface area contributed by atoms with Gasteiger partial charge in [-0.15, -0.1) is 0 Å². The van der Waals surface area contributed by atoms with Crippen LogP contribution in [0.15, 0.2) is 41.5 Å². The van der Waals surface area contributed by atoms with Crippen LogP contribution in [0.3, 0.4) is 0 Å². The third kappa shape index (κ3) is 4.64. The van der Waals surface area contributed by atoms with Gasteiger partial charge in [0.05, 0.1) is 23.8 Å². The molecule has 0 aliphatic heterocycles. The highest BCUT2D eigenvalue weighted by atomic mass is 19.1. The number of nitrogens with one attached hydrogen (secondary N) is 2. The molecule has 3 aliphatic rings. The molecular weight excluding hydrogens is 539 g/mol. The van der Waals surface area contributed by atoms with E-state index in [9.17, 15) is 39.6 Å². The number of anilines is 1. The van der Waals surface area contributed by atoms with Gasteiger partial charge in [0.2, 0.25) is 11.7 Å². The van der Waals surface area contributed by atoms with Crippen LogP contribution in [0.1, 0.15) is 36.2 Å². The maximum absolute atomic E-state index is 15.3. The quantitative estimate of drug-likeness (QED) is 0.174. The van der Waals surface area contributed by atoms with Crippen molar-refractivity contribution < 1.29 is 44.0 Å². The number of hydrogen-bond donors (Lipinski definition) is 7. The molecule has 0 saturated carbocycles. The van der Waals surface area contributed by atoms with Crippen LogP contribution in [0.4, 0.5) is 10.1 Å². The third-order valence-corrected chi connectivity index (χ3v) is 7.95. The van der Waals surface area contributed by atoms with Crippen molar-refractivity contribution in [2.45, 2.75) is 38.3 Å². The standard InChI is InChI=1S/C28H33FN4O8/c1-5-33(4)21-14-7-12-6-13-15(29)8-16(32-17(34)10-31-9-11(2)3)22(35)19(13)23(36)18(12)25(38)28(14,41)26(39)20(24(21)37)27(30)40/h5,8,11-12,14,21,31,35,37-38,41H,1,6-7,9-10H2,2-4H3,(H2,30,40)(H,32,34)/t12-,14-,21-,28-/m0/s1. The summed E-state index contributed by atoms with van der Waals surface area (Å²) in [6, 6.07) is -0.361. The van der Waals surface area contributed by atoms with E-state index < -0.39 is 86.7 Å². The van der Waals surface area contributed by atoms with E-state index in [0.717, 1.165) is 6.07 Å². The summed E-state index contributed by atoms with van der Waals surface area (Å²) in [5.41, 5.74) is -0.00133. The lowest BCUT2D eigenvalue weighted by atomic mass is 9.58. The fourth-order valence-corrected chi connectivity index (χ4v) is 6.02. The van der Waals surface area contributed by atoms with Crippen molar-refractivity contribution >= 4 is 29.1 Å². The molecule has 0 spiro atoms. The van der Waals surface area contributed by atoms with Gasteiger partial charge in [0, 0.05) is 30.2 Å². The molecule has 3 aliphatic carbocycles. The van der Waals surface area contributed by atoms with E-state index in [-0.39, 0.29) is 36.6 Å². The first-order valence-corrected chi connectivity index (χ1v) is 13.0. The van der Waals surface area contributed by atoms with Crippen molar-refractivity contribution in [3.8, 4) is 5.75 Å². The number of phenolic OH excluding ortho intramolecular Hbond substituents is 1. The summed E-state index contributed by atoms with van der Waals surface area (Å²) in [4.78, 5) is 52.9. The molecule has 41 heavy (non-hydrogen) atoms. The van der Waals surface area contributed by atoms with Crippen LogP contribution in [0.2, 0.25) is 0 Å². The Balaban J connectivity index is 1.81. The number of carbonyl (C=O) groups is 4. The van der Waals surface area contributed by atoms with E-state index in [0.29, 0.717) is 6.54 Å². The minimum absolute atomic E-state index is 0.141. The number of nitrogens with two attached hydrogens (primary N) is 1. The second-order valence-corrected chi connectivity index (χ2v) is 11.0. The van der Waals surface area contributed by atoms with E-state index >= 15 is 4.39 Å². The van der Waals surface area contributed by atoms with Gasteiger partial charge in [-0.25, -0.2) is 4.39 Å². The van der Waals surface area contributed by atoms with Gasteiger partial charge < -0.3 is 41.7 Å². The summed E-state index contributed by atoms with van der Waals surface area (Å²) >= 11 is 0. The largest absolute Gasteiger partial charge is 0.509 e. The molecular formula is C28H33FN4O8. The normalized spacial score (nSPS) is 25.5. The van der Waals surface area contributed by atoms with Gasteiger partial charge in [0.1, 0.15) is 22.9 Å². The molecule has 0 heterocycles. The number of halogens is 1. The third-order valence-electron chi connectivity index (χ3n) is 7.95. The highest BCUT2D eigenvalue weighted by Gasteiger charge is 2.63. The summed E-state index contributed by atoms with van der Waals surface area (Å²) < 4.78 is 15.3. The number of primary amides is 1. The predicted octanol–water partition coefficient (Wildman–Crippen LogP) is 0.958. The van der Waals surface area contributed by atoms with Crippen LogP contribution < -0.4 is 16.4 Å². The Hall–Kier alpha value is -4.23. The van der Waals surface area contributed by atoms with Crippen LogP contribution >= 0.6 is 0 Å². The van der Waals surface area contributed by atoms with Gasteiger partial charge in [0.25, 0.3) is 5.91 Å². The number of amides is 2. The van der Waals surface area contributed by atoms with Crippen molar-refractivity contribution in [2.24, 2.45) is 23.5 Å². The van der Waals surface area contributed by atoms with Crippen LogP contribution in [0, 0.1) is 23.6 Å². The Morgan fingerprint density at radius 3 is 2.54 bits per heavy atom. The second-order valence-electron chi connectivity index (χ2n) is 11.0. The van der Waals surface area contributed by atoms with Crippen molar-refractivity contribution in [3.63, 3.8) is 0 Å². The lowest BCUT2D eigenvalue weighted by molar-refractivity contribution is -0.148. The number of ketones is 2. The summed E-state index contributed by atoms with van der Waals surface area (Å²) in [6.07, 6.45) is 0.841. The fourth-order valence-electron chi connectivity index (χ4n) is 6.02. The molecule has 0 radical (unpaired) electrons. The number of likely N-dealkylation sites (N-methyl/N-ethyl adjacent to an activating group) is 1. The number of hydrogen-bond acceptors (Lipinski definition) is 10. The lowest BCUT2D eigenvalue weighted by Gasteiger charge is -2.50. The number of benzene rings is 1. The Labute approximate surface area is 235 Å². The first-order valence-electron chi connectivity index (χ1n) is 13.0. The van der Waals surface area contributed by atoms with E-state index in [4.69, 9.17) is 5.73 Å². The number of aliphatic hydroxyl groups is 3. The average molecular weight is 573 g/mol. The second kappa shape index (κ2) is 10.6. The molecule has 4 atom stereocenters. The summed E-state index contributed by atoms with van der Waals surface area (Å²) in [6.45, 7) is 7.87. The summed E-state index contributed by atoms with van der Waals surface area (Å²) in [7, 11) is 1.45. The van der Waals surface area contributed by atoms with Gasteiger partial charge in [0.15, 0.2) is 17.1 Å². The number of phenols is 1. The predicted molar refractivity (Wildman–Crippen MR) is 144 cm³/mol. The van der Waals surface area contributed by atoms with E-state index in [1.54, 1.807) is 0 Å². The Morgan fingerprint density at radius 1 is 1.29 bits per heavy atom. The summed E-state index contributed by atoms with van der Waals surface area (Å²) in [5, 5.41) is 50.1. The van der Waals surface area contributed by atoms with Crippen LogP contribution in [0.25, 0.3) is 0 Å². The number of allylic oxidation sites excluding steroid dienone is 1. The van der Waals surface area contributed by atoms with Gasteiger partial charge in [-0.3, -0.25) is 19.2 Å². The van der Waals surface area contributed by atoms with Crippen molar-refractivity contribution in [2.75, 3.05) is 25.5 Å². The molecule has 4 rings (SSSR count). The Morgan fingerprint density at radius 2 is 1.95 bits per heavy atom. The zero-order chi connectivity index (χ0) is 30.5. The maximum atomic E-state index is 15.3. The minimum Gasteiger partial charge on any atom is -0.509 e. The molecule has 0 aromatic heterocycles. The molecule has 8 N–H and O–H groups in total. The topological polar surface area (TPSA) is 203 Å². The molecule has 1 aromatic carbocycles. The van der Waals surface area contributed by atoms with E-state index in [1.165, 1.54) is 18.1 Å². The van der Waals surface area contributed by atoms with Crippen molar-refractivity contribution in [3.05, 3.63) is 58.5 Å². The molecule has 220 valence electrons. The maximum Gasteiger partial charge on any atom is 0.255 e. The van der Waals surface area contributed by atoms with Crippen LogP contribution in [-0.4, -0.2) is 80.5 Å². The van der Waals surface area contributed by atoms with E-state index in [1.807, 2.05) is 13.8 Å². The van der Waals surface area contributed by atoms with Crippen LogP contribution in [-0.2, 0) is 20.8 Å². The van der Waals surface area contributed by atoms with Gasteiger partial charge in [-0.05, 0) is 37.4 Å². The number of fused-ring (bicyclic) bond motifs is 3. The Bertz CT molecular complexity index is 1430. The molecule has 12 nitrogen and oxygen atoms in total. The molecule has 1 aromatic rings. The minimum atomic E-state index is -2.85. The molecule has 0 bridgehead atoms. The van der Waals surface area contributed by atoms with Gasteiger partial charge in [-0.2, -0.15) is 0 Å². The molecule has 0 fully saturated rings.